The molecule has 1 atom stereocenters. The topological polar surface area (TPSA) is 74.2 Å². The number of hydrogen-bond donors (Lipinski definition) is 3. The van der Waals surface area contributed by atoms with Gasteiger partial charge in [-0.05, 0) is 30.5 Å². The summed E-state index contributed by atoms with van der Waals surface area (Å²) < 4.78 is 5.30. The van der Waals surface area contributed by atoms with Gasteiger partial charge in [0.05, 0.1) is 35.4 Å². The van der Waals surface area contributed by atoms with E-state index in [9.17, 15) is 10.1 Å². The third kappa shape index (κ3) is 3.34. The quantitative estimate of drug-likeness (QED) is 0.697. The number of methoxy groups -OCH3 is 1. The van der Waals surface area contributed by atoms with Gasteiger partial charge in [-0.2, -0.15) is 5.26 Å². The minimum atomic E-state index is -0.455. The van der Waals surface area contributed by atoms with Gasteiger partial charge in [-0.1, -0.05) is 18.2 Å². The number of allylic oxidation sites excluding steroid dienone is 2. The molecule has 132 valence electrons. The van der Waals surface area contributed by atoms with E-state index in [1.54, 1.807) is 19.2 Å². The van der Waals surface area contributed by atoms with Crippen molar-refractivity contribution in [1.29, 1.82) is 5.26 Å². The fraction of sp³-hybridized carbons (Fsp3) is 0.158. The molecule has 1 aromatic heterocycles. The molecule has 7 heteroatoms. The third-order valence-electron chi connectivity index (χ3n) is 4.09. The number of dihydropyridines is 1. The number of nitrogens with zero attached hydrogens (tertiary/aromatic N) is 1. The van der Waals surface area contributed by atoms with Gasteiger partial charge < -0.3 is 15.4 Å². The van der Waals surface area contributed by atoms with Gasteiger partial charge in [0.25, 0.3) is 5.91 Å². The van der Waals surface area contributed by atoms with Crippen molar-refractivity contribution in [3.63, 3.8) is 0 Å². The number of carbonyl (C=O) groups excluding carboxylic acids is 1. The third-order valence-corrected chi connectivity index (χ3v) is 5.38. The Bertz CT molecular complexity index is 940. The Morgan fingerprint density at radius 2 is 2.12 bits per heavy atom. The molecule has 5 nitrogen and oxygen atoms in total. The highest BCUT2D eigenvalue weighted by Gasteiger charge is 2.34. The van der Waals surface area contributed by atoms with Gasteiger partial charge in [0.15, 0.2) is 0 Å². The van der Waals surface area contributed by atoms with Crippen LogP contribution >= 0.6 is 24.0 Å². The Hall–Kier alpha value is -2.69. The van der Waals surface area contributed by atoms with Crippen LogP contribution in [0.15, 0.2) is 63.7 Å². The fourth-order valence-corrected chi connectivity index (χ4v) is 4.10. The van der Waals surface area contributed by atoms with Crippen LogP contribution in [-0.2, 0) is 4.79 Å². The van der Waals surface area contributed by atoms with Crippen molar-refractivity contribution in [3.8, 4) is 11.8 Å². The van der Waals surface area contributed by atoms with E-state index in [2.05, 4.69) is 29.3 Å². The molecule has 0 saturated carbocycles. The van der Waals surface area contributed by atoms with E-state index >= 15 is 0 Å². The SMILES string of the molecule is COc1ccccc1NC(=O)C1=C(C)NC(S)=C(C#N)[C@@H]1c1cccs1. The lowest BCUT2D eigenvalue weighted by Crippen LogP contribution is -2.29. The number of anilines is 1. The molecule has 0 unspecified atom stereocenters. The van der Waals surface area contributed by atoms with Crippen LogP contribution in [0.2, 0.25) is 0 Å². The zero-order valence-corrected chi connectivity index (χ0v) is 15.9. The second kappa shape index (κ2) is 7.68. The smallest absolute Gasteiger partial charge is 0.254 e. The molecule has 1 aliphatic rings. The maximum atomic E-state index is 13.1. The molecule has 0 saturated heterocycles. The first-order valence-electron chi connectivity index (χ1n) is 7.85. The zero-order chi connectivity index (χ0) is 18.7. The van der Waals surface area contributed by atoms with Crippen LogP contribution in [-0.4, -0.2) is 13.0 Å². The maximum Gasteiger partial charge on any atom is 0.254 e. The molecule has 0 radical (unpaired) electrons. The van der Waals surface area contributed by atoms with Crippen LogP contribution in [0, 0.1) is 11.3 Å². The Labute approximate surface area is 161 Å². The molecule has 0 aliphatic carbocycles. The summed E-state index contributed by atoms with van der Waals surface area (Å²) in [5, 5.41) is 17.9. The monoisotopic (exact) mass is 383 g/mol. The molecule has 0 fully saturated rings. The van der Waals surface area contributed by atoms with E-state index < -0.39 is 5.92 Å². The van der Waals surface area contributed by atoms with Gasteiger partial charge in [-0.15, -0.1) is 24.0 Å². The zero-order valence-electron chi connectivity index (χ0n) is 14.2. The summed E-state index contributed by atoms with van der Waals surface area (Å²) >= 11 is 5.89. The highest BCUT2D eigenvalue weighted by atomic mass is 32.1. The van der Waals surface area contributed by atoms with Crippen LogP contribution in [0.4, 0.5) is 5.69 Å². The number of thiophene rings is 1. The molecule has 1 amide bonds. The average molecular weight is 383 g/mol. The number of para-hydroxylation sites is 2. The molecule has 26 heavy (non-hydrogen) atoms. The van der Waals surface area contributed by atoms with Crippen LogP contribution < -0.4 is 15.4 Å². The first kappa shape index (κ1) is 18.1. The maximum absolute atomic E-state index is 13.1. The lowest BCUT2D eigenvalue weighted by Gasteiger charge is -2.27. The Kier molecular flexibility index (Phi) is 5.35. The molecule has 2 N–H and O–H groups in total. The van der Waals surface area contributed by atoms with E-state index in [1.807, 2.05) is 36.6 Å². The molecule has 2 aromatic rings. The van der Waals surface area contributed by atoms with E-state index in [4.69, 9.17) is 4.74 Å². The van der Waals surface area contributed by atoms with Gasteiger partial charge in [0.2, 0.25) is 0 Å². The summed E-state index contributed by atoms with van der Waals surface area (Å²) in [6.07, 6.45) is 0. The summed E-state index contributed by atoms with van der Waals surface area (Å²) in [5.74, 6) is -0.170. The van der Waals surface area contributed by atoms with Gasteiger partial charge in [-0.25, -0.2) is 0 Å². The molecule has 2 heterocycles. The summed E-state index contributed by atoms with van der Waals surface area (Å²) in [4.78, 5) is 14.0. The number of nitriles is 1. The molecule has 1 aromatic carbocycles. The highest BCUT2D eigenvalue weighted by molar-refractivity contribution is 7.84. The first-order valence-corrected chi connectivity index (χ1v) is 9.18. The number of ether oxygens (including phenoxy) is 1. The van der Waals surface area contributed by atoms with Crippen molar-refractivity contribution in [1.82, 2.24) is 5.32 Å². The molecular formula is C19H17N3O2S2. The molecular weight excluding hydrogens is 366 g/mol. The standard InChI is InChI=1S/C19H17N3O2S2/c1-11-16(18(23)22-13-6-3-4-7-14(13)24-2)17(15-8-5-9-26-15)12(10-20)19(25)21-11/h3-9,17,21,25H,1-2H3,(H,22,23)/t17-/m1/s1. The van der Waals surface area contributed by atoms with Crippen molar-refractivity contribution in [2.24, 2.45) is 0 Å². The largest absolute Gasteiger partial charge is 0.495 e. The van der Waals surface area contributed by atoms with Gasteiger partial charge in [-0.3, -0.25) is 4.79 Å². The van der Waals surface area contributed by atoms with Crippen LogP contribution in [0.3, 0.4) is 0 Å². The van der Waals surface area contributed by atoms with E-state index in [0.717, 1.165) is 4.88 Å². The summed E-state index contributed by atoms with van der Waals surface area (Å²) in [5.41, 5.74) is 2.16. The van der Waals surface area contributed by atoms with Crippen molar-refractivity contribution in [3.05, 3.63) is 68.5 Å². The Morgan fingerprint density at radius 3 is 2.77 bits per heavy atom. The van der Waals surface area contributed by atoms with Gasteiger partial charge in [0.1, 0.15) is 5.75 Å². The van der Waals surface area contributed by atoms with Crippen LogP contribution in [0.25, 0.3) is 0 Å². The van der Waals surface area contributed by atoms with E-state index in [-0.39, 0.29) is 5.91 Å². The van der Waals surface area contributed by atoms with Crippen molar-refractivity contribution < 1.29 is 9.53 Å². The first-order chi connectivity index (χ1) is 12.6. The number of rotatable bonds is 4. The lowest BCUT2D eigenvalue weighted by atomic mass is 9.86. The molecule has 1 aliphatic heterocycles. The lowest BCUT2D eigenvalue weighted by molar-refractivity contribution is -0.113. The number of thiol groups is 1. The Morgan fingerprint density at radius 1 is 1.35 bits per heavy atom. The highest BCUT2D eigenvalue weighted by Crippen LogP contribution is 2.41. The van der Waals surface area contributed by atoms with E-state index in [1.165, 1.54) is 11.3 Å². The van der Waals surface area contributed by atoms with Crippen molar-refractivity contribution in [2.45, 2.75) is 12.8 Å². The summed E-state index contributed by atoms with van der Waals surface area (Å²) in [7, 11) is 1.55. The Balaban J connectivity index is 2.02. The molecule has 3 rings (SSSR count). The predicted molar refractivity (Wildman–Crippen MR) is 106 cm³/mol. The fourth-order valence-electron chi connectivity index (χ4n) is 2.91. The van der Waals surface area contributed by atoms with Crippen molar-refractivity contribution in [2.75, 3.05) is 12.4 Å². The van der Waals surface area contributed by atoms with E-state index in [0.29, 0.717) is 33.3 Å². The minimum Gasteiger partial charge on any atom is -0.495 e. The number of amides is 1. The number of carbonyl (C=O) groups is 1. The second-order valence-electron chi connectivity index (χ2n) is 5.64. The summed E-state index contributed by atoms with van der Waals surface area (Å²) in [6.45, 7) is 1.81. The molecule has 0 bridgehead atoms. The normalized spacial score (nSPS) is 16.8. The minimum absolute atomic E-state index is 0.286. The van der Waals surface area contributed by atoms with Crippen molar-refractivity contribution >= 4 is 35.6 Å². The average Bonchev–Trinajstić information content (AvgIpc) is 3.15. The molecule has 0 spiro atoms. The number of nitrogens with one attached hydrogen (secondary N) is 2. The van der Waals surface area contributed by atoms with Crippen LogP contribution in [0.1, 0.15) is 17.7 Å². The second-order valence-corrected chi connectivity index (χ2v) is 7.07. The number of hydrogen-bond acceptors (Lipinski definition) is 6. The number of benzene rings is 1. The summed E-state index contributed by atoms with van der Waals surface area (Å²) in [6, 6.07) is 13.2. The predicted octanol–water partition coefficient (Wildman–Crippen LogP) is 4.02. The van der Waals surface area contributed by atoms with Gasteiger partial charge >= 0.3 is 0 Å². The van der Waals surface area contributed by atoms with Gasteiger partial charge in [0, 0.05) is 16.1 Å². The van der Waals surface area contributed by atoms with Crippen LogP contribution in [0.5, 0.6) is 5.75 Å².